The van der Waals surface area contributed by atoms with Crippen molar-refractivity contribution < 1.29 is 9.59 Å². The lowest BCUT2D eigenvalue weighted by molar-refractivity contribution is -0.112. The van der Waals surface area contributed by atoms with Gasteiger partial charge >= 0.3 is 0 Å². The first-order valence-electron chi connectivity index (χ1n) is 6.03. The summed E-state index contributed by atoms with van der Waals surface area (Å²) >= 11 is 0. The van der Waals surface area contributed by atoms with Gasteiger partial charge in [-0.3, -0.25) is 14.6 Å². The van der Waals surface area contributed by atoms with Gasteiger partial charge in [0.25, 0.3) is 0 Å². The Kier molecular flexibility index (Phi) is 2.80. The lowest BCUT2D eigenvalue weighted by Crippen LogP contribution is -2.10. The molecule has 0 aliphatic carbocycles. The van der Waals surface area contributed by atoms with Crippen LogP contribution in [0, 0.1) is 0 Å². The van der Waals surface area contributed by atoms with Crippen LogP contribution >= 0.6 is 0 Å². The van der Waals surface area contributed by atoms with Gasteiger partial charge < -0.3 is 0 Å². The summed E-state index contributed by atoms with van der Waals surface area (Å²) in [7, 11) is 0. The third-order valence-electron chi connectivity index (χ3n) is 3.09. The summed E-state index contributed by atoms with van der Waals surface area (Å²) in [6.45, 7) is 0. The molecule has 2 aromatic rings. The zero-order valence-electron chi connectivity index (χ0n) is 10.2. The van der Waals surface area contributed by atoms with Crippen molar-refractivity contribution in [1.82, 2.24) is 0 Å². The van der Waals surface area contributed by atoms with Gasteiger partial charge in [-0.05, 0) is 23.8 Å². The summed E-state index contributed by atoms with van der Waals surface area (Å²) < 4.78 is 0. The fraction of sp³-hybridized carbons (Fsp3) is 0.0625. The van der Waals surface area contributed by atoms with Gasteiger partial charge in [-0.15, -0.1) is 0 Å². The number of benzene rings is 2. The molecule has 0 unspecified atom stereocenters. The summed E-state index contributed by atoms with van der Waals surface area (Å²) in [4.78, 5) is 27.7. The van der Waals surface area contributed by atoms with Gasteiger partial charge in [0.1, 0.15) is 0 Å². The van der Waals surface area contributed by atoms with Crippen molar-refractivity contribution in [1.29, 1.82) is 0 Å². The monoisotopic (exact) mass is 249 g/mol. The first-order chi connectivity index (χ1) is 9.24. The maximum absolute atomic E-state index is 12.3. The smallest absolute Gasteiger partial charge is 0.193 e. The number of nitrogens with zero attached hydrogens (tertiary/aromatic N) is 1. The Hall–Kier alpha value is -2.55. The Balaban J connectivity index is 1.99. The predicted octanol–water partition coefficient (Wildman–Crippen LogP) is 2.75. The minimum atomic E-state index is -0.0367. The van der Waals surface area contributed by atoms with E-state index in [1.54, 1.807) is 30.3 Å². The van der Waals surface area contributed by atoms with E-state index in [1.807, 2.05) is 18.2 Å². The molecule has 0 radical (unpaired) electrons. The lowest BCUT2D eigenvalue weighted by atomic mass is 9.97. The van der Waals surface area contributed by atoms with Gasteiger partial charge in [-0.25, -0.2) is 0 Å². The Bertz CT molecular complexity index is 687. The van der Waals surface area contributed by atoms with Crippen LogP contribution in [0.2, 0.25) is 0 Å². The number of carbonyl (C=O) groups is 2. The Labute approximate surface area is 110 Å². The van der Waals surface area contributed by atoms with E-state index in [2.05, 4.69) is 4.99 Å². The van der Waals surface area contributed by atoms with E-state index in [-0.39, 0.29) is 11.6 Å². The zero-order valence-corrected chi connectivity index (χ0v) is 10.2. The SMILES string of the molecule is O=C1C=Nc2ccc(C(=O)c3ccccc3)cc2C1. The Morgan fingerprint density at radius 3 is 2.58 bits per heavy atom. The van der Waals surface area contributed by atoms with Crippen LogP contribution < -0.4 is 0 Å². The van der Waals surface area contributed by atoms with Crippen LogP contribution in [0.1, 0.15) is 21.5 Å². The number of Topliss-reactive ketones (excluding diaryl/α,β-unsaturated/α-hetero) is 1. The molecule has 0 saturated heterocycles. The molecule has 92 valence electrons. The molecule has 0 N–H and O–H groups in total. The number of rotatable bonds is 2. The van der Waals surface area contributed by atoms with Crippen LogP contribution in [-0.4, -0.2) is 17.8 Å². The molecule has 0 fully saturated rings. The van der Waals surface area contributed by atoms with E-state index in [9.17, 15) is 9.59 Å². The quantitative estimate of drug-likeness (QED) is 0.768. The number of fused-ring (bicyclic) bond motifs is 1. The summed E-state index contributed by atoms with van der Waals surface area (Å²) in [5.74, 6) is -0.0674. The van der Waals surface area contributed by atoms with Crippen LogP contribution in [0.15, 0.2) is 53.5 Å². The first-order valence-corrected chi connectivity index (χ1v) is 6.03. The molecular weight excluding hydrogens is 238 g/mol. The van der Waals surface area contributed by atoms with Crippen molar-refractivity contribution in [3.05, 3.63) is 65.2 Å². The fourth-order valence-electron chi connectivity index (χ4n) is 2.13. The van der Waals surface area contributed by atoms with E-state index < -0.39 is 0 Å². The maximum Gasteiger partial charge on any atom is 0.193 e. The molecule has 0 spiro atoms. The van der Waals surface area contributed by atoms with Crippen LogP contribution in [0.25, 0.3) is 0 Å². The van der Waals surface area contributed by atoms with Crippen LogP contribution in [0.5, 0.6) is 0 Å². The van der Waals surface area contributed by atoms with Crippen molar-refractivity contribution in [3.63, 3.8) is 0 Å². The minimum absolute atomic E-state index is 0.0307. The standard InChI is InChI=1S/C16H11NO2/c18-14-9-13-8-12(6-7-15(13)17-10-14)16(19)11-4-2-1-3-5-11/h1-8,10H,9H2. The highest BCUT2D eigenvalue weighted by Gasteiger charge is 2.15. The number of carbonyl (C=O) groups excluding carboxylic acids is 2. The highest BCUT2D eigenvalue weighted by molar-refractivity contribution is 6.30. The minimum Gasteiger partial charge on any atom is -0.293 e. The normalized spacial score (nSPS) is 13.2. The van der Waals surface area contributed by atoms with Gasteiger partial charge in [-0.1, -0.05) is 30.3 Å². The second-order valence-corrected chi connectivity index (χ2v) is 4.44. The van der Waals surface area contributed by atoms with Gasteiger partial charge in [0.05, 0.1) is 11.9 Å². The largest absolute Gasteiger partial charge is 0.293 e. The molecule has 0 atom stereocenters. The molecule has 0 bridgehead atoms. The third-order valence-corrected chi connectivity index (χ3v) is 3.09. The second-order valence-electron chi connectivity index (χ2n) is 4.44. The molecule has 1 aliphatic rings. The van der Waals surface area contributed by atoms with Crippen molar-refractivity contribution in [2.45, 2.75) is 6.42 Å². The molecule has 3 nitrogen and oxygen atoms in total. The first kappa shape index (κ1) is 11.5. The van der Waals surface area contributed by atoms with Crippen molar-refractivity contribution in [3.8, 4) is 0 Å². The molecule has 0 saturated carbocycles. The molecule has 0 amide bonds. The number of aliphatic imine (C=N–C) groups is 1. The van der Waals surface area contributed by atoms with Gasteiger partial charge in [0.15, 0.2) is 11.6 Å². The number of ketones is 2. The van der Waals surface area contributed by atoms with Gasteiger partial charge in [0.2, 0.25) is 0 Å². The van der Waals surface area contributed by atoms with Gasteiger partial charge in [-0.2, -0.15) is 0 Å². The molecule has 19 heavy (non-hydrogen) atoms. The molecule has 0 aromatic heterocycles. The average molecular weight is 249 g/mol. The zero-order chi connectivity index (χ0) is 13.2. The third kappa shape index (κ3) is 2.22. The second kappa shape index (κ2) is 4.61. The van der Waals surface area contributed by atoms with E-state index in [1.165, 1.54) is 6.21 Å². The highest BCUT2D eigenvalue weighted by atomic mass is 16.1. The van der Waals surface area contributed by atoms with Crippen molar-refractivity contribution >= 4 is 23.5 Å². The predicted molar refractivity (Wildman–Crippen MR) is 73.2 cm³/mol. The van der Waals surface area contributed by atoms with E-state index in [0.717, 1.165) is 11.3 Å². The topological polar surface area (TPSA) is 46.5 Å². The number of hydrogen-bond donors (Lipinski definition) is 0. The van der Waals surface area contributed by atoms with Crippen molar-refractivity contribution in [2.75, 3.05) is 0 Å². The molecule has 1 aliphatic heterocycles. The highest BCUT2D eigenvalue weighted by Crippen LogP contribution is 2.25. The molecule has 3 rings (SSSR count). The molecule has 2 aromatic carbocycles. The van der Waals surface area contributed by atoms with Crippen LogP contribution in [0.4, 0.5) is 5.69 Å². The van der Waals surface area contributed by atoms with Crippen LogP contribution in [-0.2, 0) is 11.2 Å². The summed E-state index contributed by atoms with van der Waals surface area (Å²) in [6, 6.07) is 14.4. The number of hydrogen-bond acceptors (Lipinski definition) is 3. The maximum atomic E-state index is 12.3. The fourth-order valence-corrected chi connectivity index (χ4v) is 2.13. The lowest BCUT2D eigenvalue weighted by Gasteiger charge is -2.10. The molecule has 1 heterocycles. The Morgan fingerprint density at radius 1 is 1.00 bits per heavy atom. The molecular formula is C16H11NO2. The molecule has 3 heteroatoms. The summed E-state index contributed by atoms with van der Waals surface area (Å²) in [5, 5.41) is 0. The summed E-state index contributed by atoms with van der Waals surface area (Å²) in [5.41, 5.74) is 2.82. The van der Waals surface area contributed by atoms with E-state index >= 15 is 0 Å². The van der Waals surface area contributed by atoms with E-state index in [0.29, 0.717) is 17.5 Å². The van der Waals surface area contributed by atoms with Crippen molar-refractivity contribution in [2.24, 2.45) is 4.99 Å². The average Bonchev–Trinajstić information content (AvgIpc) is 2.46. The van der Waals surface area contributed by atoms with Crippen LogP contribution in [0.3, 0.4) is 0 Å². The van der Waals surface area contributed by atoms with Gasteiger partial charge in [0, 0.05) is 17.5 Å². The van der Waals surface area contributed by atoms with E-state index in [4.69, 9.17) is 0 Å². The summed E-state index contributed by atoms with van der Waals surface area (Å²) in [6.07, 6.45) is 1.65. The Morgan fingerprint density at radius 2 is 1.79 bits per heavy atom.